The van der Waals surface area contributed by atoms with Crippen molar-refractivity contribution in [2.45, 2.75) is 72.1 Å². The maximum Gasteiger partial charge on any atom is 0.309 e. The molecule has 0 aliphatic heterocycles. The maximum absolute atomic E-state index is 11.2. The first kappa shape index (κ1) is 17.8. The van der Waals surface area contributed by atoms with Crippen LogP contribution in [0.2, 0.25) is 0 Å². The Kier molecular flexibility index (Phi) is 5.38. The molecule has 1 saturated carbocycles. The third kappa shape index (κ3) is 5.26. The minimum Gasteiger partial charge on any atom is -0.508 e. The number of carbonyl (C=O) groups is 1. The van der Waals surface area contributed by atoms with Gasteiger partial charge < -0.3 is 10.2 Å². The largest absolute Gasteiger partial charge is 0.508 e. The van der Waals surface area contributed by atoms with Crippen LogP contribution in [0.4, 0.5) is 0 Å². The summed E-state index contributed by atoms with van der Waals surface area (Å²) in [7, 11) is 0. The fraction of sp³-hybridized carbons (Fsp3) is 0.650. The highest BCUT2D eigenvalue weighted by Gasteiger charge is 2.49. The predicted octanol–water partition coefficient (Wildman–Crippen LogP) is 4.95. The van der Waals surface area contributed by atoms with Gasteiger partial charge in [-0.25, -0.2) is 0 Å². The van der Waals surface area contributed by atoms with Gasteiger partial charge in [0.05, 0.1) is 5.41 Å². The first-order valence-corrected chi connectivity index (χ1v) is 8.76. The number of aryl methyl sites for hydroxylation is 2. The van der Waals surface area contributed by atoms with Crippen LogP contribution in [0, 0.1) is 10.8 Å². The summed E-state index contributed by atoms with van der Waals surface area (Å²) in [5, 5.41) is 19.0. The first-order chi connectivity index (χ1) is 10.7. The number of benzene rings is 1. The van der Waals surface area contributed by atoms with Crippen LogP contribution in [0.5, 0.6) is 5.75 Å². The molecule has 0 atom stereocenters. The topological polar surface area (TPSA) is 57.5 Å². The maximum atomic E-state index is 11.2. The summed E-state index contributed by atoms with van der Waals surface area (Å²) >= 11 is 0. The molecule has 0 amide bonds. The molecule has 23 heavy (non-hydrogen) atoms. The Morgan fingerprint density at radius 2 is 1.78 bits per heavy atom. The van der Waals surface area contributed by atoms with Crippen LogP contribution in [0.25, 0.3) is 0 Å². The van der Waals surface area contributed by atoms with E-state index in [1.165, 1.54) is 17.5 Å². The van der Waals surface area contributed by atoms with Crippen LogP contribution in [-0.4, -0.2) is 16.2 Å². The van der Waals surface area contributed by atoms with Crippen LogP contribution in [0.1, 0.15) is 70.4 Å². The molecule has 0 heterocycles. The second-order valence-electron chi connectivity index (χ2n) is 8.31. The molecule has 0 saturated heterocycles. The number of aliphatic carboxylic acids is 1. The molecule has 0 aromatic heterocycles. The Hall–Kier alpha value is -1.51. The zero-order valence-electron chi connectivity index (χ0n) is 14.7. The molecule has 3 nitrogen and oxygen atoms in total. The number of hydrogen-bond acceptors (Lipinski definition) is 2. The Labute approximate surface area is 139 Å². The number of rotatable bonds is 8. The molecule has 1 aliphatic carbocycles. The Balaban J connectivity index is 1.91. The van der Waals surface area contributed by atoms with E-state index in [1.54, 1.807) is 6.07 Å². The molecular weight excluding hydrogens is 288 g/mol. The van der Waals surface area contributed by atoms with Crippen LogP contribution < -0.4 is 0 Å². The van der Waals surface area contributed by atoms with Gasteiger partial charge in [0.1, 0.15) is 5.75 Å². The molecule has 0 bridgehead atoms. The van der Waals surface area contributed by atoms with E-state index in [0.717, 1.165) is 44.9 Å². The smallest absolute Gasteiger partial charge is 0.309 e. The zero-order chi connectivity index (χ0) is 17.1. The van der Waals surface area contributed by atoms with Gasteiger partial charge in [-0.05, 0) is 80.0 Å². The highest BCUT2D eigenvalue weighted by molar-refractivity contribution is 5.77. The molecule has 3 heteroatoms. The van der Waals surface area contributed by atoms with Gasteiger partial charge in [0.15, 0.2) is 0 Å². The second-order valence-corrected chi connectivity index (χ2v) is 8.31. The molecule has 128 valence electrons. The van der Waals surface area contributed by atoms with Crippen LogP contribution >= 0.6 is 0 Å². The number of carboxylic acids is 1. The van der Waals surface area contributed by atoms with Gasteiger partial charge in [0, 0.05) is 0 Å². The Morgan fingerprint density at radius 3 is 2.35 bits per heavy atom. The Bertz CT molecular complexity index is 550. The van der Waals surface area contributed by atoms with Crippen molar-refractivity contribution in [1.29, 1.82) is 0 Å². The van der Waals surface area contributed by atoms with Gasteiger partial charge >= 0.3 is 5.97 Å². The number of hydrogen-bond donors (Lipinski definition) is 2. The average molecular weight is 318 g/mol. The predicted molar refractivity (Wildman–Crippen MR) is 92.7 cm³/mol. The molecule has 1 fully saturated rings. The summed E-state index contributed by atoms with van der Waals surface area (Å²) in [6, 6.07) is 5.64. The highest BCUT2D eigenvalue weighted by atomic mass is 16.4. The van der Waals surface area contributed by atoms with Crippen LogP contribution in [-0.2, 0) is 17.6 Å². The monoisotopic (exact) mass is 318 g/mol. The molecule has 2 N–H and O–H groups in total. The van der Waals surface area contributed by atoms with E-state index in [1.807, 2.05) is 12.1 Å². The summed E-state index contributed by atoms with van der Waals surface area (Å²) in [4.78, 5) is 11.2. The van der Waals surface area contributed by atoms with E-state index in [0.29, 0.717) is 11.2 Å². The van der Waals surface area contributed by atoms with Crippen molar-refractivity contribution in [2.75, 3.05) is 0 Å². The molecule has 0 unspecified atom stereocenters. The van der Waals surface area contributed by atoms with Gasteiger partial charge in [0.25, 0.3) is 0 Å². The van der Waals surface area contributed by atoms with E-state index in [-0.39, 0.29) is 0 Å². The number of aromatic hydroxyl groups is 1. The third-order valence-electron chi connectivity index (χ3n) is 4.97. The summed E-state index contributed by atoms with van der Waals surface area (Å²) in [6.07, 6.45) is 7.46. The van der Waals surface area contributed by atoms with Crippen molar-refractivity contribution < 1.29 is 15.0 Å². The number of phenolic OH excluding ortho intramolecular Hbond substituents is 1. The molecule has 2 rings (SSSR count). The normalized spacial score (nSPS) is 16.3. The fourth-order valence-corrected chi connectivity index (χ4v) is 3.24. The summed E-state index contributed by atoms with van der Waals surface area (Å²) in [5.74, 6) is -0.335. The number of carboxylic acid groups (broad SMARTS) is 1. The molecule has 0 radical (unpaired) electrons. The van der Waals surface area contributed by atoms with Crippen LogP contribution in [0.3, 0.4) is 0 Å². The molecule has 1 aliphatic rings. The van der Waals surface area contributed by atoms with E-state index < -0.39 is 11.4 Å². The van der Waals surface area contributed by atoms with E-state index in [4.69, 9.17) is 0 Å². The van der Waals surface area contributed by atoms with Crippen molar-refractivity contribution in [3.8, 4) is 5.75 Å². The second kappa shape index (κ2) is 6.94. The van der Waals surface area contributed by atoms with Crippen molar-refractivity contribution in [3.05, 3.63) is 29.3 Å². The van der Waals surface area contributed by atoms with Gasteiger partial charge in [-0.3, -0.25) is 4.79 Å². The van der Waals surface area contributed by atoms with Gasteiger partial charge in [0.2, 0.25) is 0 Å². The van der Waals surface area contributed by atoms with Crippen molar-refractivity contribution >= 4 is 5.97 Å². The van der Waals surface area contributed by atoms with Crippen molar-refractivity contribution in [2.24, 2.45) is 10.8 Å². The lowest BCUT2D eigenvalue weighted by Gasteiger charge is -2.18. The highest BCUT2D eigenvalue weighted by Crippen LogP contribution is 2.50. The SMILES string of the molecule is CC(C)(C)CCCc1ccc(O)cc1CCCC1(C(=O)O)CC1. The molecule has 1 aromatic carbocycles. The minimum atomic E-state index is -0.640. The molecule has 0 spiro atoms. The lowest BCUT2D eigenvalue weighted by atomic mass is 9.87. The van der Waals surface area contributed by atoms with Gasteiger partial charge in [-0.1, -0.05) is 26.8 Å². The Morgan fingerprint density at radius 1 is 1.13 bits per heavy atom. The average Bonchev–Trinajstić information content (AvgIpc) is 3.21. The van der Waals surface area contributed by atoms with Gasteiger partial charge in [-0.2, -0.15) is 0 Å². The third-order valence-corrected chi connectivity index (χ3v) is 4.97. The quantitative estimate of drug-likeness (QED) is 0.713. The summed E-state index contributed by atoms with van der Waals surface area (Å²) in [6.45, 7) is 6.77. The molecule has 1 aromatic rings. The fourth-order valence-electron chi connectivity index (χ4n) is 3.24. The first-order valence-electron chi connectivity index (χ1n) is 8.76. The van der Waals surface area contributed by atoms with Crippen LogP contribution in [0.15, 0.2) is 18.2 Å². The van der Waals surface area contributed by atoms with Gasteiger partial charge in [-0.15, -0.1) is 0 Å². The van der Waals surface area contributed by atoms with E-state index in [2.05, 4.69) is 20.8 Å². The van der Waals surface area contributed by atoms with Crippen molar-refractivity contribution in [3.63, 3.8) is 0 Å². The summed E-state index contributed by atoms with van der Waals surface area (Å²) < 4.78 is 0. The van der Waals surface area contributed by atoms with E-state index >= 15 is 0 Å². The standard InChI is InChI=1S/C20H30O3/c1-19(2,3)10-4-6-15-8-9-17(21)14-16(15)7-5-11-20(12-13-20)18(22)23/h8-9,14,21H,4-7,10-13H2,1-3H3,(H,22,23). The number of phenols is 1. The minimum absolute atomic E-state index is 0.305. The zero-order valence-corrected chi connectivity index (χ0v) is 14.7. The lowest BCUT2D eigenvalue weighted by molar-refractivity contribution is -0.143. The molecular formula is C20H30O3. The van der Waals surface area contributed by atoms with E-state index in [9.17, 15) is 15.0 Å². The van der Waals surface area contributed by atoms with Crippen molar-refractivity contribution in [1.82, 2.24) is 0 Å². The lowest BCUT2D eigenvalue weighted by Crippen LogP contribution is -2.14. The summed E-state index contributed by atoms with van der Waals surface area (Å²) in [5.41, 5.74) is 2.38.